The Morgan fingerprint density at radius 3 is 2.56 bits per heavy atom. The lowest BCUT2D eigenvalue weighted by molar-refractivity contribution is -0.135. The summed E-state index contributed by atoms with van der Waals surface area (Å²) in [6, 6.07) is 8.91. The number of rotatable bonds is 6. The number of nitrogens with one attached hydrogen (secondary N) is 2. The van der Waals surface area contributed by atoms with E-state index in [4.69, 9.17) is 27.7 Å². The first kappa shape index (κ1) is 26.6. The van der Waals surface area contributed by atoms with Crippen LogP contribution in [0.2, 0.25) is 10.0 Å². The van der Waals surface area contributed by atoms with Crippen LogP contribution in [0.15, 0.2) is 45.7 Å². The lowest BCUT2D eigenvalue weighted by Crippen LogP contribution is -2.45. The van der Waals surface area contributed by atoms with E-state index in [0.717, 1.165) is 0 Å². The Morgan fingerprint density at radius 2 is 1.87 bits per heavy atom. The van der Waals surface area contributed by atoms with E-state index in [1.807, 2.05) is 6.92 Å². The van der Waals surface area contributed by atoms with Crippen molar-refractivity contribution in [2.75, 3.05) is 5.32 Å². The molecule has 0 aliphatic carbocycles. The topological polar surface area (TPSA) is 136 Å². The van der Waals surface area contributed by atoms with E-state index in [0.29, 0.717) is 34.2 Å². The first-order valence-corrected chi connectivity index (χ1v) is 13.1. The van der Waals surface area contributed by atoms with E-state index < -0.39 is 23.4 Å². The third-order valence-electron chi connectivity index (χ3n) is 6.54. The van der Waals surface area contributed by atoms with Crippen LogP contribution in [0.4, 0.5) is 5.69 Å². The van der Waals surface area contributed by atoms with Gasteiger partial charge in [0.2, 0.25) is 11.8 Å². The van der Waals surface area contributed by atoms with Crippen LogP contribution in [0.3, 0.4) is 0 Å². The molecule has 1 aliphatic rings. The number of aryl methyl sites for hydroxylation is 2. The fraction of sp³-hybridized carbons (Fsp3) is 0.259. The molecule has 1 atom stereocenters. The second kappa shape index (κ2) is 10.6. The number of para-hydroxylation sites is 1. The number of carbonyl (C=O) groups excluding carboxylic acids is 3. The van der Waals surface area contributed by atoms with E-state index in [-0.39, 0.29) is 52.4 Å². The number of imide groups is 1. The average molecular weight is 568 g/mol. The van der Waals surface area contributed by atoms with Crippen LogP contribution in [0.1, 0.15) is 54.2 Å². The Labute approximate surface area is 232 Å². The van der Waals surface area contributed by atoms with Gasteiger partial charge in [0.25, 0.3) is 11.5 Å². The van der Waals surface area contributed by atoms with Gasteiger partial charge in [-0.25, -0.2) is 4.98 Å². The average Bonchev–Trinajstić information content (AvgIpc) is 3.29. The maximum atomic E-state index is 13.7. The molecule has 2 N–H and O–H groups in total. The highest BCUT2D eigenvalue weighted by atomic mass is 35.5. The molecule has 0 radical (unpaired) electrons. The Balaban J connectivity index is 1.58. The molecule has 10 nitrogen and oxygen atoms in total. The minimum Gasteiger partial charge on any atom is -0.360 e. The molecule has 0 saturated carbocycles. The highest BCUT2D eigenvalue weighted by molar-refractivity contribution is 6.39. The number of benzene rings is 2. The van der Waals surface area contributed by atoms with Gasteiger partial charge in [0, 0.05) is 18.4 Å². The number of carbonyl (C=O) groups is 3. The molecule has 0 bridgehead atoms. The van der Waals surface area contributed by atoms with Crippen molar-refractivity contribution in [3.63, 3.8) is 0 Å². The van der Waals surface area contributed by atoms with Gasteiger partial charge in [-0.3, -0.25) is 29.1 Å². The summed E-state index contributed by atoms with van der Waals surface area (Å²) in [5, 5.41) is 10.1. The summed E-state index contributed by atoms with van der Waals surface area (Å²) in [6.07, 6.45) is 1.45. The predicted octanol–water partition coefficient (Wildman–Crippen LogP) is 4.85. The van der Waals surface area contributed by atoms with Crippen molar-refractivity contribution in [3.05, 3.63) is 73.9 Å². The number of amides is 3. The molecule has 12 heteroatoms. The summed E-state index contributed by atoms with van der Waals surface area (Å²) in [5.74, 6) is -0.834. The number of hydrogen-bond acceptors (Lipinski definition) is 7. The largest absolute Gasteiger partial charge is 0.360 e. The molecular formula is C27H23Cl2N5O5. The van der Waals surface area contributed by atoms with E-state index >= 15 is 0 Å². The molecule has 2 aromatic carbocycles. The summed E-state index contributed by atoms with van der Waals surface area (Å²) in [6.45, 7) is 3.54. The minimum atomic E-state index is -0.859. The summed E-state index contributed by atoms with van der Waals surface area (Å²) < 4.78 is 6.81. The fourth-order valence-electron chi connectivity index (χ4n) is 4.76. The Kier molecular flexibility index (Phi) is 7.24. The van der Waals surface area contributed by atoms with Gasteiger partial charge in [-0.05, 0) is 44.0 Å². The summed E-state index contributed by atoms with van der Waals surface area (Å²) in [4.78, 5) is 55.8. The molecule has 3 amide bonds. The summed E-state index contributed by atoms with van der Waals surface area (Å²) in [5.41, 5.74) is 0.837. The van der Waals surface area contributed by atoms with Gasteiger partial charge >= 0.3 is 0 Å². The Morgan fingerprint density at radius 1 is 1.15 bits per heavy atom. The third kappa shape index (κ3) is 4.81. The monoisotopic (exact) mass is 567 g/mol. The van der Waals surface area contributed by atoms with Gasteiger partial charge < -0.3 is 9.84 Å². The molecule has 39 heavy (non-hydrogen) atoms. The molecule has 5 rings (SSSR count). The first-order valence-electron chi connectivity index (χ1n) is 12.3. The molecule has 3 heterocycles. The Hall–Kier alpha value is -4.02. The van der Waals surface area contributed by atoms with Gasteiger partial charge in [0.1, 0.15) is 34.4 Å². The van der Waals surface area contributed by atoms with Crippen molar-refractivity contribution < 1.29 is 18.9 Å². The van der Waals surface area contributed by atoms with Crippen LogP contribution in [0.5, 0.6) is 0 Å². The van der Waals surface area contributed by atoms with Crippen LogP contribution in [-0.4, -0.2) is 32.4 Å². The number of aromatic nitrogens is 3. The van der Waals surface area contributed by atoms with Crippen molar-refractivity contribution in [1.82, 2.24) is 20.0 Å². The molecule has 200 valence electrons. The van der Waals surface area contributed by atoms with E-state index in [9.17, 15) is 19.2 Å². The second-order valence-electron chi connectivity index (χ2n) is 9.13. The zero-order chi connectivity index (χ0) is 27.8. The van der Waals surface area contributed by atoms with Crippen molar-refractivity contribution in [2.24, 2.45) is 0 Å². The van der Waals surface area contributed by atoms with Crippen LogP contribution < -0.4 is 16.2 Å². The molecule has 1 fully saturated rings. The normalized spacial score (nSPS) is 15.4. The lowest BCUT2D eigenvalue weighted by Gasteiger charge is -2.24. The van der Waals surface area contributed by atoms with Crippen molar-refractivity contribution in [2.45, 2.75) is 45.6 Å². The number of nitrogens with zero attached hydrogens (tertiary/aromatic N) is 3. The standard InChI is InChI=1S/C27H23Cl2N5O5/c1-3-6-19-22(24(33-39-19)21-15(28)8-5-9-16(21)29)26(37)31-17-10-4-7-14-23(17)30-13(2)34(27(14)38)18-11-12-20(35)32-25(18)36/h4-5,7-10,18H,3,6,11-12H2,1-2H3,(H,31,37)(H,32,35,36). The summed E-state index contributed by atoms with van der Waals surface area (Å²) >= 11 is 12.8. The molecule has 2 aromatic heterocycles. The molecular weight excluding hydrogens is 545 g/mol. The van der Waals surface area contributed by atoms with Crippen LogP contribution >= 0.6 is 23.2 Å². The van der Waals surface area contributed by atoms with Crippen molar-refractivity contribution >= 4 is 57.5 Å². The number of hydrogen-bond donors (Lipinski definition) is 2. The van der Waals surface area contributed by atoms with Gasteiger partial charge in [0.15, 0.2) is 0 Å². The van der Waals surface area contributed by atoms with Gasteiger partial charge in [0.05, 0.1) is 21.1 Å². The quantitative estimate of drug-likeness (QED) is 0.318. The zero-order valence-corrected chi connectivity index (χ0v) is 22.5. The Bertz CT molecular complexity index is 1690. The smallest absolute Gasteiger partial charge is 0.262 e. The number of fused-ring (bicyclic) bond motifs is 1. The van der Waals surface area contributed by atoms with E-state index in [1.165, 1.54) is 4.57 Å². The predicted molar refractivity (Wildman–Crippen MR) is 146 cm³/mol. The van der Waals surface area contributed by atoms with Crippen molar-refractivity contribution in [3.8, 4) is 11.3 Å². The maximum Gasteiger partial charge on any atom is 0.262 e. The number of anilines is 1. The molecule has 1 saturated heterocycles. The first-order chi connectivity index (χ1) is 18.7. The number of halogens is 2. The third-order valence-corrected chi connectivity index (χ3v) is 7.17. The molecule has 0 spiro atoms. The van der Waals surface area contributed by atoms with E-state index in [1.54, 1.807) is 43.3 Å². The highest BCUT2D eigenvalue weighted by Crippen LogP contribution is 2.37. The zero-order valence-electron chi connectivity index (χ0n) is 21.0. The second-order valence-corrected chi connectivity index (χ2v) is 9.95. The number of piperidine rings is 1. The highest BCUT2D eigenvalue weighted by Gasteiger charge is 2.31. The maximum absolute atomic E-state index is 13.7. The SMILES string of the molecule is CCCc1onc(-c2c(Cl)cccc2Cl)c1C(=O)Nc1cccc2c(=O)n(C3CCC(=O)NC3=O)c(C)nc12. The van der Waals surface area contributed by atoms with Crippen molar-refractivity contribution in [1.29, 1.82) is 0 Å². The van der Waals surface area contributed by atoms with Crippen LogP contribution in [0, 0.1) is 6.92 Å². The summed E-state index contributed by atoms with van der Waals surface area (Å²) in [7, 11) is 0. The minimum absolute atomic E-state index is 0.118. The van der Waals surface area contributed by atoms with E-state index in [2.05, 4.69) is 20.8 Å². The van der Waals surface area contributed by atoms with Gasteiger partial charge in [-0.2, -0.15) is 0 Å². The van der Waals surface area contributed by atoms with Gasteiger partial charge in [-0.1, -0.05) is 47.4 Å². The molecule has 1 unspecified atom stereocenters. The van der Waals surface area contributed by atoms with Crippen LogP contribution in [-0.2, 0) is 16.0 Å². The molecule has 1 aliphatic heterocycles. The van der Waals surface area contributed by atoms with Crippen LogP contribution in [0.25, 0.3) is 22.2 Å². The lowest BCUT2D eigenvalue weighted by atomic mass is 10.0. The van der Waals surface area contributed by atoms with Gasteiger partial charge in [-0.15, -0.1) is 0 Å². The molecule has 4 aromatic rings. The fourth-order valence-corrected chi connectivity index (χ4v) is 5.34.